The van der Waals surface area contributed by atoms with Crippen molar-refractivity contribution in [3.8, 4) is 0 Å². The van der Waals surface area contributed by atoms with Crippen LogP contribution in [0.2, 0.25) is 0 Å². The second-order valence-corrected chi connectivity index (χ2v) is 13.5. The van der Waals surface area contributed by atoms with E-state index in [0.29, 0.717) is 24.8 Å². The normalized spacial score (nSPS) is 42.1. The highest BCUT2D eigenvalue weighted by Gasteiger charge is 2.71. The van der Waals surface area contributed by atoms with Gasteiger partial charge < -0.3 is 24.8 Å². The highest BCUT2D eigenvalue weighted by Crippen LogP contribution is 2.66. The number of hydrogen-bond acceptors (Lipinski definition) is 6. The van der Waals surface area contributed by atoms with Crippen LogP contribution in [0.3, 0.4) is 0 Å². The van der Waals surface area contributed by atoms with Gasteiger partial charge in [-0.15, -0.1) is 0 Å². The van der Waals surface area contributed by atoms with Gasteiger partial charge in [0.15, 0.2) is 0 Å². The molecule has 1 saturated heterocycles. The van der Waals surface area contributed by atoms with Crippen LogP contribution >= 0.6 is 0 Å². The van der Waals surface area contributed by atoms with Crippen molar-refractivity contribution in [1.82, 2.24) is 10.2 Å². The molecular weight excluding hydrogens is 436 g/mol. The number of hydrogen-bond donors (Lipinski definition) is 2. The molecule has 0 aromatic heterocycles. The first-order valence-corrected chi connectivity index (χ1v) is 12.8. The van der Waals surface area contributed by atoms with E-state index in [1.54, 1.807) is 25.7 Å². The van der Waals surface area contributed by atoms with E-state index in [1.165, 1.54) is 7.11 Å². The molecule has 190 valence electrons. The summed E-state index contributed by atoms with van der Waals surface area (Å²) in [4.78, 5) is 41.7. The number of nitrogens with one attached hydrogen (secondary N) is 1. The number of esters is 1. The van der Waals surface area contributed by atoms with E-state index >= 15 is 0 Å². The molecule has 0 spiro atoms. The molecule has 0 aromatic carbocycles. The van der Waals surface area contributed by atoms with Crippen molar-refractivity contribution in [3.05, 3.63) is 0 Å². The van der Waals surface area contributed by atoms with Crippen LogP contribution in [-0.2, 0) is 19.1 Å². The van der Waals surface area contributed by atoms with Crippen LogP contribution in [0.1, 0.15) is 73.1 Å². The molecule has 2 amide bonds. The van der Waals surface area contributed by atoms with Gasteiger partial charge in [0.2, 0.25) is 5.91 Å². The number of piperidine rings is 1. The first-order chi connectivity index (χ1) is 15.7. The summed E-state index contributed by atoms with van der Waals surface area (Å²) < 4.78 is 10.7. The standard InChI is InChI=1S/C26H40N2O6/c1-23(2,3)34-22(31)27-19(25-8-14-7-15(9-25)11-26(32,10-14)13-25)20(29)28-12-16-17(24(16,4)5)18(28)21(30)33-6/h14-19,32H,7-13H2,1-6H3,(H,27,31)/t14-,15+,16-,17-,18-,19+,25+,26+/m0/s1. The Hall–Kier alpha value is -1.83. The summed E-state index contributed by atoms with van der Waals surface area (Å²) in [5.41, 5.74) is -2.03. The highest BCUT2D eigenvalue weighted by atomic mass is 16.6. The summed E-state index contributed by atoms with van der Waals surface area (Å²) in [6, 6.07) is -1.48. The van der Waals surface area contributed by atoms with Crippen molar-refractivity contribution >= 4 is 18.0 Å². The lowest BCUT2D eigenvalue weighted by atomic mass is 9.46. The van der Waals surface area contributed by atoms with Crippen LogP contribution in [0.5, 0.6) is 0 Å². The minimum Gasteiger partial charge on any atom is -0.467 e. The van der Waals surface area contributed by atoms with E-state index in [0.717, 1.165) is 32.1 Å². The lowest BCUT2D eigenvalue weighted by Gasteiger charge is -2.62. The smallest absolute Gasteiger partial charge is 0.408 e. The Balaban J connectivity index is 1.47. The third-order valence-electron chi connectivity index (χ3n) is 9.53. The second kappa shape index (κ2) is 7.34. The molecule has 5 saturated carbocycles. The molecule has 2 N–H and O–H groups in total. The Morgan fingerprint density at radius 2 is 1.71 bits per heavy atom. The van der Waals surface area contributed by atoms with Gasteiger partial charge in [-0.2, -0.15) is 0 Å². The summed E-state index contributed by atoms with van der Waals surface area (Å²) in [7, 11) is 1.36. The van der Waals surface area contributed by atoms with E-state index in [-0.39, 0.29) is 23.2 Å². The number of amides is 2. The number of fused-ring (bicyclic) bond motifs is 1. The lowest BCUT2D eigenvalue weighted by Crippen LogP contribution is -2.67. The SMILES string of the molecule is COC(=O)[C@@H]1[C@@H]2[C@H](CN1C(=O)[C@@H](NC(=O)OC(C)(C)C)[C@@]13C[C@@H]4C[C@@H](C[C@](O)(C4)C1)C3)C2(C)C. The molecule has 1 heterocycles. The average Bonchev–Trinajstić information content (AvgIpc) is 3.03. The maximum atomic E-state index is 14.2. The van der Waals surface area contributed by atoms with Crippen LogP contribution in [0.25, 0.3) is 0 Å². The molecule has 0 radical (unpaired) electrons. The summed E-state index contributed by atoms with van der Waals surface area (Å²) in [6.45, 7) is 10.1. The van der Waals surface area contributed by atoms with Crippen LogP contribution in [0, 0.1) is 34.5 Å². The zero-order valence-electron chi connectivity index (χ0n) is 21.3. The molecule has 6 aliphatic rings. The topological polar surface area (TPSA) is 105 Å². The number of carbonyl (C=O) groups excluding carboxylic acids is 3. The fraction of sp³-hybridized carbons (Fsp3) is 0.885. The molecule has 6 rings (SSSR count). The van der Waals surface area contributed by atoms with Gasteiger partial charge in [-0.1, -0.05) is 13.8 Å². The predicted molar refractivity (Wildman–Crippen MR) is 124 cm³/mol. The fourth-order valence-corrected chi connectivity index (χ4v) is 8.59. The Morgan fingerprint density at radius 3 is 2.24 bits per heavy atom. The Kier molecular flexibility index (Phi) is 5.16. The molecule has 6 fully saturated rings. The minimum atomic E-state index is -0.840. The van der Waals surface area contributed by atoms with Crippen LogP contribution in [0.15, 0.2) is 0 Å². The molecule has 1 aliphatic heterocycles. The average molecular weight is 477 g/mol. The van der Waals surface area contributed by atoms with Crippen molar-refractivity contribution in [3.63, 3.8) is 0 Å². The van der Waals surface area contributed by atoms with Gasteiger partial charge in [-0.3, -0.25) is 4.79 Å². The van der Waals surface area contributed by atoms with Gasteiger partial charge in [-0.25, -0.2) is 9.59 Å². The molecule has 4 bridgehead atoms. The summed E-state index contributed by atoms with van der Waals surface area (Å²) in [5.74, 6) is 0.366. The van der Waals surface area contributed by atoms with Gasteiger partial charge in [0, 0.05) is 17.9 Å². The van der Waals surface area contributed by atoms with Gasteiger partial charge in [0.25, 0.3) is 0 Å². The number of methoxy groups -OCH3 is 1. The first-order valence-electron chi connectivity index (χ1n) is 12.8. The quantitative estimate of drug-likeness (QED) is 0.605. The number of ether oxygens (including phenoxy) is 2. The largest absolute Gasteiger partial charge is 0.467 e. The summed E-state index contributed by atoms with van der Waals surface area (Å²) in [6.07, 6.45) is 4.07. The molecule has 0 unspecified atom stereocenters. The molecule has 34 heavy (non-hydrogen) atoms. The molecular formula is C26H40N2O6. The number of alkyl carbamates (subject to hydrolysis) is 1. The molecule has 5 aliphatic carbocycles. The Labute approximate surface area is 202 Å². The number of likely N-dealkylation sites (tertiary alicyclic amines) is 1. The Morgan fingerprint density at radius 1 is 1.09 bits per heavy atom. The first kappa shape index (κ1) is 23.9. The van der Waals surface area contributed by atoms with Crippen molar-refractivity contribution in [1.29, 1.82) is 0 Å². The van der Waals surface area contributed by atoms with Crippen LogP contribution in [0.4, 0.5) is 4.79 Å². The molecule has 8 heteroatoms. The van der Waals surface area contributed by atoms with Crippen molar-refractivity contribution in [2.45, 2.75) is 96.4 Å². The van der Waals surface area contributed by atoms with E-state index in [2.05, 4.69) is 19.2 Å². The maximum absolute atomic E-state index is 14.2. The number of rotatable bonds is 4. The van der Waals surface area contributed by atoms with Gasteiger partial charge in [0.1, 0.15) is 17.7 Å². The molecule has 0 aromatic rings. The predicted octanol–water partition coefficient (Wildman–Crippen LogP) is 2.87. The van der Waals surface area contributed by atoms with Crippen molar-refractivity contribution < 1.29 is 29.0 Å². The van der Waals surface area contributed by atoms with Gasteiger partial charge in [0.05, 0.1) is 12.7 Å². The van der Waals surface area contributed by atoms with Crippen LogP contribution < -0.4 is 5.32 Å². The Bertz CT molecular complexity index is 893. The zero-order valence-corrected chi connectivity index (χ0v) is 21.3. The third kappa shape index (κ3) is 3.71. The number of aliphatic hydroxyl groups is 1. The summed E-state index contributed by atoms with van der Waals surface area (Å²) in [5, 5.41) is 14.3. The van der Waals surface area contributed by atoms with Crippen LogP contribution in [-0.4, -0.2) is 64.9 Å². The van der Waals surface area contributed by atoms with Gasteiger partial charge in [-0.05, 0) is 82.5 Å². The lowest BCUT2D eigenvalue weighted by molar-refractivity contribution is -0.182. The minimum absolute atomic E-state index is 0.0143. The fourth-order valence-electron chi connectivity index (χ4n) is 8.59. The molecule has 8 atom stereocenters. The number of carbonyl (C=O) groups is 3. The third-order valence-corrected chi connectivity index (χ3v) is 9.53. The summed E-state index contributed by atoms with van der Waals surface area (Å²) >= 11 is 0. The van der Waals surface area contributed by atoms with E-state index in [9.17, 15) is 19.5 Å². The zero-order chi connectivity index (χ0) is 24.8. The number of nitrogens with zero attached hydrogens (tertiary/aromatic N) is 1. The van der Waals surface area contributed by atoms with Crippen molar-refractivity contribution in [2.75, 3.05) is 13.7 Å². The highest BCUT2D eigenvalue weighted by molar-refractivity contribution is 5.92. The van der Waals surface area contributed by atoms with Crippen molar-refractivity contribution in [2.24, 2.45) is 34.5 Å². The van der Waals surface area contributed by atoms with E-state index < -0.39 is 40.8 Å². The van der Waals surface area contributed by atoms with E-state index in [4.69, 9.17) is 9.47 Å². The van der Waals surface area contributed by atoms with E-state index in [1.807, 2.05) is 0 Å². The molecule has 8 nitrogen and oxygen atoms in total. The maximum Gasteiger partial charge on any atom is 0.408 e. The van der Waals surface area contributed by atoms with Gasteiger partial charge >= 0.3 is 12.1 Å². The monoisotopic (exact) mass is 476 g/mol. The second-order valence-electron chi connectivity index (χ2n) is 13.5.